The van der Waals surface area contributed by atoms with Gasteiger partial charge in [-0.1, -0.05) is 33.6 Å². The lowest BCUT2D eigenvalue weighted by Crippen LogP contribution is -2.22. The number of hydrogen-bond donors (Lipinski definition) is 2. The van der Waals surface area contributed by atoms with Crippen LogP contribution in [0.1, 0.15) is 46.5 Å². The van der Waals surface area contributed by atoms with E-state index in [2.05, 4.69) is 24.3 Å². The first-order valence-electron chi connectivity index (χ1n) is 5.93. The summed E-state index contributed by atoms with van der Waals surface area (Å²) < 4.78 is 0. The number of unbranched alkanes of at least 4 members (excludes halogenated alkanes) is 3. The fourth-order valence-corrected chi connectivity index (χ4v) is 1.12. The molecule has 0 aliphatic heterocycles. The van der Waals surface area contributed by atoms with E-state index in [0.29, 0.717) is 0 Å². The lowest BCUT2D eigenvalue weighted by molar-refractivity contribution is 0.341. The topological polar surface area (TPSA) is 41.3 Å². The summed E-state index contributed by atoms with van der Waals surface area (Å²) in [5.41, 5.74) is 2.67. The van der Waals surface area contributed by atoms with Crippen LogP contribution in [0.4, 0.5) is 0 Å². The molecule has 0 aromatic carbocycles. The van der Waals surface area contributed by atoms with Crippen molar-refractivity contribution >= 4 is 0 Å². The van der Waals surface area contributed by atoms with E-state index in [0.717, 1.165) is 13.1 Å². The molecule has 0 bridgehead atoms. The Morgan fingerprint density at radius 2 is 1.64 bits per heavy atom. The van der Waals surface area contributed by atoms with Gasteiger partial charge < -0.3 is 4.90 Å². The molecule has 0 unspecified atom stereocenters. The fraction of sp³-hybridized carbons (Fsp3) is 1.00. The molecule has 0 aliphatic carbocycles. The first kappa shape index (κ1) is 16.3. The van der Waals surface area contributed by atoms with Gasteiger partial charge in [0.1, 0.15) is 0 Å². The van der Waals surface area contributed by atoms with E-state index in [4.69, 9.17) is 5.84 Å². The third-order valence-electron chi connectivity index (χ3n) is 2.15. The van der Waals surface area contributed by atoms with Crippen molar-refractivity contribution in [2.75, 3.05) is 26.7 Å². The Morgan fingerprint density at radius 3 is 2.14 bits per heavy atom. The second-order valence-electron chi connectivity index (χ2n) is 3.26. The number of nitrogens with two attached hydrogens (primary N) is 1. The van der Waals surface area contributed by atoms with Gasteiger partial charge in [-0.15, -0.1) is 0 Å². The average molecular weight is 203 g/mol. The van der Waals surface area contributed by atoms with Crippen LogP contribution in [-0.4, -0.2) is 31.6 Å². The maximum Gasteiger partial charge on any atom is 0.00974 e. The van der Waals surface area contributed by atoms with Crippen LogP contribution in [0.25, 0.3) is 0 Å². The molecule has 0 fully saturated rings. The molecule has 3 N–H and O–H groups in total. The van der Waals surface area contributed by atoms with E-state index in [-0.39, 0.29) is 0 Å². The van der Waals surface area contributed by atoms with E-state index in [9.17, 15) is 0 Å². The van der Waals surface area contributed by atoms with Crippen molar-refractivity contribution in [3.63, 3.8) is 0 Å². The Balaban J connectivity index is 0. The van der Waals surface area contributed by atoms with Gasteiger partial charge in [0.25, 0.3) is 0 Å². The molecule has 0 amide bonds. The fourth-order valence-electron chi connectivity index (χ4n) is 1.12. The first-order chi connectivity index (χ1) is 6.81. The molecule has 14 heavy (non-hydrogen) atoms. The van der Waals surface area contributed by atoms with Crippen LogP contribution in [0.15, 0.2) is 0 Å². The summed E-state index contributed by atoms with van der Waals surface area (Å²) in [5, 5.41) is 0. The Bertz CT molecular complexity index is 86.6. The monoisotopic (exact) mass is 203 g/mol. The molecule has 0 atom stereocenters. The summed E-state index contributed by atoms with van der Waals surface area (Å²) in [5.74, 6) is 5.15. The second-order valence-corrected chi connectivity index (χ2v) is 3.26. The SMILES string of the molecule is CC.CCN(C)CCCCCCNN. The number of hydrazine groups is 1. The molecule has 0 aliphatic rings. The average Bonchev–Trinajstić information content (AvgIpc) is 2.25. The lowest BCUT2D eigenvalue weighted by atomic mass is 10.2. The quantitative estimate of drug-likeness (QED) is 0.360. The smallest absolute Gasteiger partial charge is 0.00974 e. The molecule has 3 heteroatoms. The van der Waals surface area contributed by atoms with Crippen molar-refractivity contribution in [1.82, 2.24) is 10.3 Å². The summed E-state index contributed by atoms with van der Waals surface area (Å²) in [7, 11) is 2.17. The molecule has 0 aromatic rings. The zero-order chi connectivity index (χ0) is 11.2. The maximum atomic E-state index is 5.15. The summed E-state index contributed by atoms with van der Waals surface area (Å²) in [4.78, 5) is 2.35. The van der Waals surface area contributed by atoms with Gasteiger partial charge in [0.2, 0.25) is 0 Å². The van der Waals surface area contributed by atoms with Gasteiger partial charge in [0.05, 0.1) is 0 Å². The first-order valence-corrected chi connectivity index (χ1v) is 5.93. The van der Waals surface area contributed by atoms with Crippen molar-refractivity contribution in [1.29, 1.82) is 0 Å². The van der Waals surface area contributed by atoms with Crippen molar-refractivity contribution < 1.29 is 0 Å². The Kier molecular flexibility index (Phi) is 17.9. The summed E-state index contributed by atoms with van der Waals surface area (Å²) in [6, 6.07) is 0. The van der Waals surface area contributed by atoms with Crippen LogP contribution in [-0.2, 0) is 0 Å². The van der Waals surface area contributed by atoms with Crippen LogP contribution in [0.3, 0.4) is 0 Å². The highest BCUT2D eigenvalue weighted by molar-refractivity contribution is 4.49. The maximum absolute atomic E-state index is 5.15. The Labute approximate surface area is 90.0 Å². The minimum Gasteiger partial charge on any atom is -0.307 e. The highest BCUT2D eigenvalue weighted by Gasteiger charge is 1.93. The van der Waals surface area contributed by atoms with Gasteiger partial charge in [-0.05, 0) is 33.0 Å². The molecule has 0 radical (unpaired) electrons. The van der Waals surface area contributed by atoms with Gasteiger partial charge in [-0.2, -0.15) is 0 Å². The summed E-state index contributed by atoms with van der Waals surface area (Å²) in [6.07, 6.45) is 5.13. The Hall–Kier alpha value is -0.120. The van der Waals surface area contributed by atoms with Crippen molar-refractivity contribution in [2.45, 2.75) is 46.5 Å². The van der Waals surface area contributed by atoms with Crippen LogP contribution >= 0.6 is 0 Å². The molecule has 0 aromatic heterocycles. The van der Waals surface area contributed by atoms with Crippen LogP contribution < -0.4 is 11.3 Å². The molecule has 0 rings (SSSR count). The third kappa shape index (κ3) is 14.4. The normalized spacial score (nSPS) is 9.86. The molecule has 0 heterocycles. The largest absolute Gasteiger partial charge is 0.307 e. The van der Waals surface area contributed by atoms with Crippen LogP contribution in [0.5, 0.6) is 0 Å². The van der Waals surface area contributed by atoms with E-state index < -0.39 is 0 Å². The summed E-state index contributed by atoms with van der Waals surface area (Å²) >= 11 is 0. The number of rotatable bonds is 8. The van der Waals surface area contributed by atoms with E-state index in [1.54, 1.807) is 0 Å². The second kappa shape index (κ2) is 15.4. The molecule has 0 saturated heterocycles. The lowest BCUT2D eigenvalue weighted by Gasteiger charge is -2.12. The van der Waals surface area contributed by atoms with Gasteiger partial charge in [-0.25, -0.2) is 0 Å². The zero-order valence-electron chi connectivity index (χ0n) is 10.5. The molecule has 88 valence electrons. The predicted molar refractivity (Wildman–Crippen MR) is 65.2 cm³/mol. The molecular weight excluding hydrogens is 174 g/mol. The van der Waals surface area contributed by atoms with E-state index in [1.165, 1.54) is 32.2 Å². The highest BCUT2D eigenvalue weighted by Crippen LogP contribution is 1.99. The summed E-state index contributed by atoms with van der Waals surface area (Å²) in [6.45, 7) is 9.53. The van der Waals surface area contributed by atoms with Crippen molar-refractivity contribution in [3.05, 3.63) is 0 Å². The van der Waals surface area contributed by atoms with Gasteiger partial charge in [0, 0.05) is 6.54 Å². The third-order valence-corrected chi connectivity index (χ3v) is 2.15. The molecular formula is C11H29N3. The number of nitrogens with zero attached hydrogens (tertiary/aromatic N) is 1. The standard InChI is InChI=1S/C9H23N3.C2H6/c1-3-12(2)9-7-5-4-6-8-11-10;1-2/h11H,3-10H2,1-2H3;1-2H3. The highest BCUT2D eigenvalue weighted by atomic mass is 15.2. The number of hydrogen-bond acceptors (Lipinski definition) is 3. The van der Waals surface area contributed by atoms with E-state index in [1.807, 2.05) is 13.8 Å². The molecule has 3 nitrogen and oxygen atoms in total. The molecule has 0 saturated carbocycles. The van der Waals surface area contributed by atoms with Crippen molar-refractivity contribution in [3.8, 4) is 0 Å². The minimum atomic E-state index is 0.948. The Morgan fingerprint density at radius 1 is 1.07 bits per heavy atom. The van der Waals surface area contributed by atoms with Gasteiger partial charge in [-0.3, -0.25) is 11.3 Å². The molecule has 0 spiro atoms. The zero-order valence-corrected chi connectivity index (χ0v) is 10.5. The predicted octanol–water partition coefficient (Wildman–Crippen LogP) is 1.99. The van der Waals surface area contributed by atoms with Crippen LogP contribution in [0.2, 0.25) is 0 Å². The minimum absolute atomic E-state index is 0.948. The van der Waals surface area contributed by atoms with Crippen LogP contribution in [0, 0.1) is 0 Å². The van der Waals surface area contributed by atoms with Gasteiger partial charge >= 0.3 is 0 Å². The van der Waals surface area contributed by atoms with Crippen molar-refractivity contribution in [2.24, 2.45) is 5.84 Å². The van der Waals surface area contributed by atoms with E-state index >= 15 is 0 Å². The number of nitrogens with one attached hydrogen (secondary N) is 1. The van der Waals surface area contributed by atoms with Gasteiger partial charge in [0.15, 0.2) is 0 Å².